The zero-order valence-corrected chi connectivity index (χ0v) is 10.8. The summed E-state index contributed by atoms with van der Waals surface area (Å²) in [5, 5.41) is 10.6. The van der Waals surface area contributed by atoms with Gasteiger partial charge in [0.2, 0.25) is 0 Å². The first-order valence-corrected chi connectivity index (χ1v) is 5.64. The van der Waals surface area contributed by atoms with Gasteiger partial charge in [-0.3, -0.25) is 0 Å². The van der Waals surface area contributed by atoms with Gasteiger partial charge in [0.1, 0.15) is 5.60 Å². The van der Waals surface area contributed by atoms with Crippen LogP contribution in [0.3, 0.4) is 0 Å². The van der Waals surface area contributed by atoms with Gasteiger partial charge in [0, 0.05) is 6.04 Å². The molecule has 0 spiro atoms. The zero-order valence-electron chi connectivity index (χ0n) is 10.0. The predicted octanol–water partition coefficient (Wildman–Crippen LogP) is 2.83. The van der Waals surface area contributed by atoms with Crippen LogP contribution in [0.2, 0.25) is 0 Å². The lowest BCUT2D eigenvalue weighted by molar-refractivity contribution is 0.00431. The fourth-order valence-electron chi connectivity index (χ4n) is 1.81. The fraction of sp³-hybridized carbons (Fsp3) is 0.538. The van der Waals surface area contributed by atoms with E-state index in [1.165, 1.54) is 0 Å². The molecule has 1 rings (SSSR count). The van der Waals surface area contributed by atoms with Gasteiger partial charge in [0.05, 0.1) is 0 Å². The van der Waals surface area contributed by atoms with Crippen LogP contribution < -0.4 is 5.73 Å². The molecular formula is C13H22ClNO. The number of halogens is 1. The van der Waals surface area contributed by atoms with Crippen molar-refractivity contribution in [3.63, 3.8) is 0 Å². The van der Waals surface area contributed by atoms with Crippen molar-refractivity contribution in [2.75, 3.05) is 0 Å². The van der Waals surface area contributed by atoms with E-state index < -0.39 is 5.60 Å². The van der Waals surface area contributed by atoms with Crippen molar-refractivity contribution in [3.05, 3.63) is 35.9 Å². The van der Waals surface area contributed by atoms with Gasteiger partial charge in [0.25, 0.3) is 0 Å². The van der Waals surface area contributed by atoms with Crippen LogP contribution in [0.5, 0.6) is 0 Å². The highest BCUT2D eigenvalue weighted by molar-refractivity contribution is 5.85. The Labute approximate surface area is 104 Å². The van der Waals surface area contributed by atoms with Crippen LogP contribution in [0, 0.1) is 0 Å². The second kappa shape index (κ2) is 6.89. The summed E-state index contributed by atoms with van der Waals surface area (Å²) in [6.07, 6.45) is 2.79. The first kappa shape index (κ1) is 15.4. The Morgan fingerprint density at radius 1 is 1.31 bits per heavy atom. The summed E-state index contributed by atoms with van der Waals surface area (Å²) in [6.45, 7) is 3.98. The quantitative estimate of drug-likeness (QED) is 0.836. The molecule has 0 aromatic heterocycles. The van der Waals surface area contributed by atoms with Crippen LogP contribution >= 0.6 is 12.4 Å². The van der Waals surface area contributed by atoms with Crippen molar-refractivity contribution in [2.24, 2.45) is 5.73 Å². The molecule has 0 saturated carbocycles. The molecule has 0 aliphatic rings. The van der Waals surface area contributed by atoms with E-state index in [0.717, 1.165) is 24.8 Å². The monoisotopic (exact) mass is 243 g/mol. The van der Waals surface area contributed by atoms with Gasteiger partial charge in [0.15, 0.2) is 0 Å². The maximum atomic E-state index is 10.6. The average Bonchev–Trinajstić information content (AvgIpc) is 2.27. The molecule has 16 heavy (non-hydrogen) atoms. The number of rotatable bonds is 5. The lowest BCUT2D eigenvalue weighted by Gasteiger charge is -2.32. The lowest BCUT2D eigenvalue weighted by Crippen LogP contribution is -2.43. The number of benzene rings is 1. The highest BCUT2D eigenvalue weighted by atomic mass is 35.5. The standard InChI is InChI=1S/C13H21NO.ClH/c1-3-4-10-13(15,11(2)14)12-8-6-5-7-9-12;/h5-9,11,15H,3-4,10,14H2,1-2H3;1H. The van der Waals surface area contributed by atoms with Crippen molar-refractivity contribution >= 4 is 12.4 Å². The molecule has 3 heteroatoms. The molecule has 0 radical (unpaired) electrons. The van der Waals surface area contributed by atoms with E-state index in [-0.39, 0.29) is 18.4 Å². The van der Waals surface area contributed by atoms with E-state index in [0.29, 0.717) is 0 Å². The Morgan fingerprint density at radius 3 is 2.31 bits per heavy atom. The van der Waals surface area contributed by atoms with Crippen LogP contribution in [0.4, 0.5) is 0 Å². The number of nitrogens with two attached hydrogens (primary N) is 1. The molecule has 0 saturated heterocycles. The van der Waals surface area contributed by atoms with E-state index in [1.807, 2.05) is 37.3 Å². The molecular weight excluding hydrogens is 222 g/mol. The maximum Gasteiger partial charge on any atom is 0.104 e. The van der Waals surface area contributed by atoms with Gasteiger partial charge in [-0.05, 0) is 18.9 Å². The molecule has 2 unspecified atom stereocenters. The third-order valence-electron chi connectivity index (χ3n) is 2.94. The fourth-order valence-corrected chi connectivity index (χ4v) is 1.81. The number of hydrogen-bond donors (Lipinski definition) is 2. The molecule has 1 aromatic rings. The molecule has 0 amide bonds. The molecule has 92 valence electrons. The minimum absolute atomic E-state index is 0. The van der Waals surface area contributed by atoms with Gasteiger partial charge in [-0.15, -0.1) is 12.4 Å². The van der Waals surface area contributed by atoms with E-state index in [4.69, 9.17) is 5.73 Å². The van der Waals surface area contributed by atoms with Gasteiger partial charge >= 0.3 is 0 Å². The predicted molar refractivity (Wildman–Crippen MR) is 70.8 cm³/mol. The Kier molecular flexibility index (Phi) is 6.65. The highest BCUT2D eigenvalue weighted by Gasteiger charge is 2.32. The molecule has 0 heterocycles. The first-order chi connectivity index (χ1) is 7.11. The molecule has 2 nitrogen and oxygen atoms in total. The van der Waals surface area contributed by atoms with E-state index in [9.17, 15) is 5.11 Å². The molecule has 0 bridgehead atoms. The summed E-state index contributed by atoms with van der Waals surface area (Å²) in [5.41, 5.74) is 5.94. The minimum Gasteiger partial charge on any atom is -0.384 e. The third kappa shape index (κ3) is 3.48. The second-order valence-corrected chi connectivity index (χ2v) is 4.18. The summed E-state index contributed by atoms with van der Waals surface area (Å²) < 4.78 is 0. The van der Waals surface area contributed by atoms with Crippen LogP contribution in [0.15, 0.2) is 30.3 Å². The van der Waals surface area contributed by atoms with Crippen molar-refractivity contribution in [3.8, 4) is 0 Å². The van der Waals surface area contributed by atoms with Crippen LogP contribution in [-0.2, 0) is 5.60 Å². The van der Waals surface area contributed by atoms with E-state index in [1.54, 1.807) is 0 Å². The highest BCUT2D eigenvalue weighted by Crippen LogP contribution is 2.29. The van der Waals surface area contributed by atoms with E-state index >= 15 is 0 Å². The van der Waals surface area contributed by atoms with Gasteiger partial charge in [-0.1, -0.05) is 50.1 Å². The van der Waals surface area contributed by atoms with Crippen molar-refractivity contribution in [1.82, 2.24) is 0 Å². The van der Waals surface area contributed by atoms with Crippen LogP contribution in [0.25, 0.3) is 0 Å². The Hall–Kier alpha value is -0.570. The molecule has 1 aromatic carbocycles. The first-order valence-electron chi connectivity index (χ1n) is 5.64. The second-order valence-electron chi connectivity index (χ2n) is 4.18. The van der Waals surface area contributed by atoms with Crippen LogP contribution in [0.1, 0.15) is 38.7 Å². The number of unbranched alkanes of at least 4 members (excludes halogenated alkanes) is 1. The topological polar surface area (TPSA) is 46.2 Å². The third-order valence-corrected chi connectivity index (χ3v) is 2.94. The Morgan fingerprint density at radius 2 is 1.88 bits per heavy atom. The van der Waals surface area contributed by atoms with Gasteiger partial charge in [-0.25, -0.2) is 0 Å². The van der Waals surface area contributed by atoms with E-state index in [2.05, 4.69) is 6.92 Å². The molecule has 0 aliphatic heterocycles. The smallest absolute Gasteiger partial charge is 0.104 e. The van der Waals surface area contributed by atoms with Crippen molar-refractivity contribution < 1.29 is 5.11 Å². The molecule has 2 atom stereocenters. The molecule has 0 aliphatic carbocycles. The van der Waals surface area contributed by atoms with Gasteiger partial charge in [-0.2, -0.15) is 0 Å². The molecule has 3 N–H and O–H groups in total. The molecule has 0 fully saturated rings. The summed E-state index contributed by atoms with van der Waals surface area (Å²) in [4.78, 5) is 0. The maximum absolute atomic E-state index is 10.6. The summed E-state index contributed by atoms with van der Waals surface area (Å²) in [7, 11) is 0. The van der Waals surface area contributed by atoms with Crippen molar-refractivity contribution in [1.29, 1.82) is 0 Å². The van der Waals surface area contributed by atoms with Crippen molar-refractivity contribution in [2.45, 2.75) is 44.8 Å². The normalized spacial score (nSPS) is 16.0. The average molecular weight is 244 g/mol. The zero-order chi connectivity index (χ0) is 11.3. The summed E-state index contributed by atoms with van der Waals surface area (Å²) in [6, 6.07) is 9.47. The number of aliphatic hydroxyl groups is 1. The number of hydrogen-bond acceptors (Lipinski definition) is 2. The Balaban J connectivity index is 0.00000225. The van der Waals surface area contributed by atoms with Crippen LogP contribution in [-0.4, -0.2) is 11.1 Å². The minimum atomic E-state index is -0.878. The lowest BCUT2D eigenvalue weighted by atomic mass is 9.83. The Bertz CT molecular complexity index is 289. The SMILES string of the molecule is CCCCC(O)(c1ccccc1)C(C)N.Cl. The largest absolute Gasteiger partial charge is 0.384 e. The van der Waals surface area contributed by atoms with Gasteiger partial charge < -0.3 is 10.8 Å². The summed E-state index contributed by atoms with van der Waals surface area (Å²) >= 11 is 0. The summed E-state index contributed by atoms with van der Waals surface area (Å²) in [5.74, 6) is 0.